The first-order valence-corrected chi connectivity index (χ1v) is 11.0. The lowest BCUT2D eigenvalue weighted by Crippen LogP contribution is -2.51. The van der Waals surface area contributed by atoms with Crippen LogP contribution in [0.5, 0.6) is 0 Å². The number of anilines is 1. The molecule has 0 aromatic carbocycles. The van der Waals surface area contributed by atoms with E-state index in [4.69, 9.17) is 5.73 Å². The molecule has 172 valence electrons. The molecule has 2 aromatic heterocycles. The van der Waals surface area contributed by atoms with E-state index in [0.29, 0.717) is 31.2 Å². The monoisotopic (exact) mass is 448 g/mol. The van der Waals surface area contributed by atoms with Crippen molar-refractivity contribution in [3.63, 3.8) is 0 Å². The number of nitrogens with one attached hydrogen (secondary N) is 1. The molecule has 1 saturated carbocycles. The first-order valence-electron chi connectivity index (χ1n) is 11.0. The van der Waals surface area contributed by atoms with E-state index in [1.54, 1.807) is 0 Å². The highest BCUT2D eigenvalue weighted by Crippen LogP contribution is 2.45. The summed E-state index contributed by atoms with van der Waals surface area (Å²) in [6.45, 7) is 6.04. The van der Waals surface area contributed by atoms with Crippen molar-refractivity contribution in [3.8, 4) is 11.3 Å². The van der Waals surface area contributed by atoms with Crippen LogP contribution in [-0.4, -0.2) is 44.3 Å². The molecule has 1 atom stereocenters. The first kappa shape index (κ1) is 21.1. The van der Waals surface area contributed by atoms with E-state index in [2.05, 4.69) is 29.2 Å². The van der Waals surface area contributed by atoms with Gasteiger partial charge in [-0.05, 0) is 57.6 Å². The van der Waals surface area contributed by atoms with Gasteiger partial charge in [0.1, 0.15) is 5.82 Å². The van der Waals surface area contributed by atoms with Gasteiger partial charge in [-0.25, -0.2) is 9.78 Å². The predicted octanol–water partition coefficient (Wildman–Crippen LogP) is 3.79. The fourth-order valence-corrected chi connectivity index (χ4v) is 5.17. The Labute approximate surface area is 184 Å². The number of urea groups is 1. The summed E-state index contributed by atoms with van der Waals surface area (Å²) in [6, 6.07) is 2.80. The summed E-state index contributed by atoms with van der Waals surface area (Å²) in [7, 11) is 0. The minimum absolute atomic E-state index is 0.0467. The van der Waals surface area contributed by atoms with Gasteiger partial charge in [0.2, 0.25) is 0 Å². The number of halogens is 3. The van der Waals surface area contributed by atoms with Crippen LogP contribution < -0.4 is 11.1 Å². The van der Waals surface area contributed by atoms with Crippen LogP contribution in [0.2, 0.25) is 0 Å². The van der Waals surface area contributed by atoms with Gasteiger partial charge >= 0.3 is 12.2 Å². The van der Waals surface area contributed by atoms with Gasteiger partial charge in [-0.15, -0.1) is 0 Å². The number of carbonyl (C=O) groups excluding carboxylic acids is 1. The van der Waals surface area contributed by atoms with E-state index >= 15 is 0 Å². The molecule has 0 unspecified atom stereocenters. The van der Waals surface area contributed by atoms with Crippen molar-refractivity contribution in [1.29, 1.82) is 0 Å². The maximum absolute atomic E-state index is 13.2. The SMILES string of the molecule is CC(C)(NC(=O)N1CC[C@@]2(CCn3nc(-c4cnc(N)c(C(F)(F)F)c4)cc32)C1)C1CC1. The molecule has 0 bridgehead atoms. The maximum atomic E-state index is 13.2. The normalized spacial score (nSPS) is 23.1. The largest absolute Gasteiger partial charge is 0.419 e. The molecule has 2 fully saturated rings. The van der Waals surface area contributed by atoms with E-state index < -0.39 is 17.6 Å². The van der Waals surface area contributed by atoms with Gasteiger partial charge in [-0.3, -0.25) is 4.68 Å². The minimum atomic E-state index is -4.58. The number of fused-ring (bicyclic) bond motifs is 2. The Bertz CT molecular complexity index is 1070. The topological polar surface area (TPSA) is 89.1 Å². The number of carbonyl (C=O) groups is 1. The minimum Gasteiger partial charge on any atom is -0.383 e. The molecule has 2 aliphatic heterocycles. The van der Waals surface area contributed by atoms with Crippen LogP contribution in [0, 0.1) is 5.92 Å². The van der Waals surface area contributed by atoms with Crippen molar-refractivity contribution in [3.05, 3.63) is 29.6 Å². The van der Waals surface area contributed by atoms with Crippen molar-refractivity contribution in [2.75, 3.05) is 18.8 Å². The average molecular weight is 448 g/mol. The van der Waals surface area contributed by atoms with Crippen LogP contribution in [0.4, 0.5) is 23.8 Å². The molecule has 3 N–H and O–H groups in total. The summed E-state index contributed by atoms with van der Waals surface area (Å²) < 4.78 is 41.6. The third kappa shape index (κ3) is 3.49. The second kappa shape index (κ2) is 6.86. The molecule has 4 heterocycles. The number of rotatable bonds is 3. The van der Waals surface area contributed by atoms with Crippen molar-refractivity contribution >= 4 is 11.8 Å². The van der Waals surface area contributed by atoms with Gasteiger partial charge in [-0.2, -0.15) is 18.3 Å². The Morgan fingerprint density at radius 3 is 2.62 bits per heavy atom. The van der Waals surface area contributed by atoms with Gasteiger partial charge in [0, 0.05) is 48.0 Å². The number of nitrogens with two attached hydrogens (primary N) is 1. The lowest BCUT2D eigenvalue weighted by atomic mass is 9.82. The molecule has 5 rings (SSSR count). The summed E-state index contributed by atoms with van der Waals surface area (Å²) in [5.41, 5.74) is 5.72. The molecule has 7 nitrogen and oxygen atoms in total. The number of amides is 2. The van der Waals surface area contributed by atoms with Crippen molar-refractivity contribution in [2.45, 2.75) is 63.2 Å². The number of hydrogen-bond donors (Lipinski definition) is 2. The van der Waals surface area contributed by atoms with Crippen molar-refractivity contribution in [1.82, 2.24) is 25.0 Å². The Morgan fingerprint density at radius 1 is 1.22 bits per heavy atom. The number of aryl methyl sites for hydroxylation is 1. The Balaban J connectivity index is 1.37. The van der Waals surface area contributed by atoms with E-state index in [1.807, 2.05) is 15.6 Å². The van der Waals surface area contributed by atoms with Crippen molar-refractivity contribution in [2.24, 2.45) is 5.92 Å². The maximum Gasteiger partial charge on any atom is 0.419 e. The Morgan fingerprint density at radius 2 is 1.94 bits per heavy atom. The fourth-order valence-electron chi connectivity index (χ4n) is 5.17. The lowest BCUT2D eigenvalue weighted by molar-refractivity contribution is -0.137. The van der Waals surface area contributed by atoms with Crippen LogP contribution >= 0.6 is 0 Å². The van der Waals surface area contributed by atoms with Crippen molar-refractivity contribution < 1.29 is 18.0 Å². The molecule has 2 amide bonds. The molecule has 3 aliphatic rings. The summed E-state index contributed by atoms with van der Waals surface area (Å²) in [4.78, 5) is 18.5. The Kier molecular flexibility index (Phi) is 4.52. The predicted molar refractivity (Wildman–Crippen MR) is 113 cm³/mol. The van der Waals surface area contributed by atoms with Gasteiger partial charge in [-0.1, -0.05) is 0 Å². The molecule has 2 aromatic rings. The average Bonchev–Trinajstić information content (AvgIpc) is 3.23. The van der Waals surface area contributed by atoms with Gasteiger partial charge in [0.25, 0.3) is 0 Å². The van der Waals surface area contributed by atoms with E-state index in [9.17, 15) is 18.0 Å². The van der Waals surface area contributed by atoms with Crippen LogP contribution in [0.1, 0.15) is 50.8 Å². The summed E-state index contributed by atoms with van der Waals surface area (Å²) >= 11 is 0. The highest BCUT2D eigenvalue weighted by Gasteiger charge is 2.48. The summed E-state index contributed by atoms with van der Waals surface area (Å²) in [6.07, 6.45) is 0.709. The Hall–Kier alpha value is -2.78. The summed E-state index contributed by atoms with van der Waals surface area (Å²) in [5.74, 6) is -0.00960. The van der Waals surface area contributed by atoms with Gasteiger partial charge in [0.15, 0.2) is 0 Å². The molecule has 1 saturated heterocycles. The summed E-state index contributed by atoms with van der Waals surface area (Å²) in [5, 5.41) is 7.73. The van der Waals surface area contributed by atoms with Gasteiger partial charge in [0.05, 0.1) is 11.3 Å². The van der Waals surface area contributed by atoms with Gasteiger partial charge < -0.3 is 16.0 Å². The van der Waals surface area contributed by atoms with E-state index in [-0.39, 0.29) is 22.5 Å². The number of aromatic nitrogens is 3. The quantitative estimate of drug-likeness (QED) is 0.748. The zero-order chi connectivity index (χ0) is 22.9. The second-order valence-corrected chi connectivity index (χ2v) is 9.92. The molecule has 0 radical (unpaired) electrons. The number of alkyl halides is 3. The highest BCUT2D eigenvalue weighted by atomic mass is 19.4. The van der Waals surface area contributed by atoms with Crippen LogP contribution in [-0.2, 0) is 18.1 Å². The smallest absolute Gasteiger partial charge is 0.383 e. The van der Waals surface area contributed by atoms with Crippen LogP contribution in [0.25, 0.3) is 11.3 Å². The molecule has 10 heteroatoms. The van der Waals surface area contributed by atoms with Crippen LogP contribution in [0.3, 0.4) is 0 Å². The third-order valence-electron chi connectivity index (χ3n) is 7.31. The zero-order valence-corrected chi connectivity index (χ0v) is 18.2. The number of likely N-dealkylation sites (tertiary alicyclic amines) is 1. The van der Waals surface area contributed by atoms with E-state index in [1.165, 1.54) is 6.20 Å². The lowest BCUT2D eigenvalue weighted by Gasteiger charge is -2.30. The third-order valence-corrected chi connectivity index (χ3v) is 7.31. The van der Waals surface area contributed by atoms with E-state index in [0.717, 1.165) is 37.4 Å². The number of nitrogens with zero attached hydrogens (tertiary/aromatic N) is 4. The fraction of sp³-hybridized carbons (Fsp3) is 0.591. The highest BCUT2D eigenvalue weighted by molar-refractivity contribution is 5.76. The molecule has 1 aliphatic carbocycles. The zero-order valence-electron chi connectivity index (χ0n) is 18.2. The molecular weight excluding hydrogens is 421 g/mol. The first-order chi connectivity index (χ1) is 15.0. The molecular formula is C22H27F3N6O. The molecule has 32 heavy (non-hydrogen) atoms. The standard InChI is InChI=1S/C22H27F3N6O/c1-20(2,14-3-4-14)28-19(32)30-7-5-21(12-30)6-8-31-17(21)10-16(29-31)13-9-15(22(23,24)25)18(26)27-11-13/h9-11,14H,3-8,12H2,1-2H3,(H2,26,27)(H,28,32)/t21-/m1/s1. The number of hydrogen-bond acceptors (Lipinski definition) is 4. The number of nitrogen functional groups attached to an aromatic ring is 1. The van der Waals surface area contributed by atoms with Crippen LogP contribution in [0.15, 0.2) is 18.3 Å². The number of pyridine rings is 1. The second-order valence-electron chi connectivity index (χ2n) is 9.92. The molecule has 1 spiro atoms.